The molecule has 2 aliphatic rings. The number of imidazole rings is 1. The van der Waals surface area contributed by atoms with E-state index in [1.165, 1.54) is 0 Å². The zero-order chi connectivity index (χ0) is 17.1. The van der Waals surface area contributed by atoms with Gasteiger partial charge in [0.2, 0.25) is 0 Å². The summed E-state index contributed by atoms with van der Waals surface area (Å²) in [5.41, 5.74) is 4.10. The lowest BCUT2D eigenvalue weighted by molar-refractivity contribution is 0.0429. The van der Waals surface area contributed by atoms with E-state index in [4.69, 9.17) is 14.0 Å². The first-order chi connectivity index (χ1) is 12.1. The van der Waals surface area contributed by atoms with Crippen LogP contribution in [0.15, 0.2) is 21.5 Å². The summed E-state index contributed by atoms with van der Waals surface area (Å²) in [5, 5.41) is 4.04. The van der Waals surface area contributed by atoms with Gasteiger partial charge in [0.15, 0.2) is 5.75 Å². The second-order valence-corrected chi connectivity index (χ2v) is 6.77. The Hall–Kier alpha value is -2.54. The van der Waals surface area contributed by atoms with Gasteiger partial charge in [0.05, 0.1) is 28.9 Å². The first-order valence-electron chi connectivity index (χ1n) is 8.60. The van der Waals surface area contributed by atoms with Crippen molar-refractivity contribution in [2.75, 3.05) is 13.2 Å². The molecule has 130 valence electrons. The van der Waals surface area contributed by atoms with Crippen LogP contribution in [0.5, 0.6) is 5.75 Å². The molecule has 0 aliphatic carbocycles. The Morgan fingerprint density at radius 1 is 1.32 bits per heavy atom. The van der Waals surface area contributed by atoms with Gasteiger partial charge in [-0.25, -0.2) is 4.79 Å². The highest BCUT2D eigenvalue weighted by atomic mass is 16.5. The van der Waals surface area contributed by atoms with Crippen LogP contribution in [-0.4, -0.2) is 34.0 Å². The van der Waals surface area contributed by atoms with Crippen molar-refractivity contribution in [2.24, 2.45) is 0 Å². The van der Waals surface area contributed by atoms with Crippen molar-refractivity contribution < 1.29 is 14.0 Å². The summed E-state index contributed by atoms with van der Waals surface area (Å²) in [6, 6.07) is 3.77. The third kappa shape index (κ3) is 2.02. The van der Waals surface area contributed by atoms with Crippen molar-refractivity contribution in [3.05, 3.63) is 34.1 Å². The number of aryl methyl sites for hydroxylation is 2. The van der Waals surface area contributed by atoms with Crippen molar-refractivity contribution in [1.29, 1.82) is 0 Å². The largest absolute Gasteiger partial charge is 0.488 e. The number of nitrogens with one attached hydrogen (secondary N) is 1. The minimum Gasteiger partial charge on any atom is -0.488 e. The molecule has 25 heavy (non-hydrogen) atoms. The molecule has 2 unspecified atom stereocenters. The van der Waals surface area contributed by atoms with Crippen LogP contribution < -0.4 is 10.4 Å². The molecular formula is C18H19N3O4. The topological polar surface area (TPSA) is 82.3 Å². The Labute approximate surface area is 143 Å². The Bertz CT molecular complexity index is 1000. The Morgan fingerprint density at radius 3 is 2.92 bits per heavy atom. The summed E-state index contributed by atoms with van der Waals surface area (Å²) < 4.78 is 19.1. The molecule has 4 heterocycles. The van der Waals surface area contributed by atoms with Gasteiger partial charge in [0.25, 0.3) is 0 Å². The molecule has 0 saturated carbocycles. The number of hydrogen-bond donors (Lipinski definition) is 1. The lowest BCUT2D eigenvalue weighted by Gasteiger charge is -2.29. The minimum absolute atomic E-state index is 0.0209. The number of aromatic nitrogens is 3. The lowest BCUT2D eigenvalue weighted by atomic mass is 10.0. The van der Waals surface area contributed by atoms with Gasteiger partial charge in [-0.05, 0) is 38.8 Å². The predicted molar refractivity (Wildman–Crippen MR) is 91.0 cm³/mol. The van der Waals surface area contributed by atoms with E-state index in [2.05, 4.69) is 10.1 Å². The number of ether oxygens (including phenoxy) is 2. The molecule has 5 rings (SSSR count). The lowest BCUT2D eigenvalue weighted by Crippen LogP contribution is -2.37. The zero-order valence-corrected chi connectivity index (χ0v) is 14.2. The van der Waals surface area contributed by atoms with Gasteiger partial charge >= 0.3 is 5.69 Å². The van der Waals surface area contributed by atoms with E-state index in [-0.39, 0.29) is 17.8 Å². The minimum atomic E-state index is -0.115. The molecule has 3 aromatic rings. The molecular weight excluding hydrogens is 322 g/mol. The number of nitrogens with zero attached hydrogens (tertiary/aromatic N) is 2. The van der Waals surface area contributed by atoms with E-state index in [0.717, 1.165) is 53.1 Å². The second-order valence-electron chi connectivity index (χ2n) is 6.77. The van der Waals surface area contributed by atoms with Gasteiger partial charge in [-0.1, -0.05) is 5.16 Å². The monoisotopic (exact) mass is 341 g/mol. The van der Waals surface area contributed by atoms with Crippen molar-refractivity contribution in [2.45, 2.75) is 38.8 Å². The van der Waals surface area contributed by atoms with Crippen molar-refractivity contribution in [3.63, 3.8) is 0 Å². The maximum atomic E-state index is 12.6. The molecule has 2 aliphatic heterocycles. The van der Waals surface area contributed by atoms with Crippen molar-refractivity contribution in [3.8, 4) is 16.9 Å². The first-order valence-corrected chi connectivity index (χ1v) is 8.60. The van der Waals surface area contributed by atoms with Gasteiger partial charge in [0.1, 0.15) is 17.9 Å². The van der Waals surface area contributed by atoms with Crippen LogP contribution >= 0.6 is 0 Å². The number of aromatic amines is 1. The number of H-pyrrole nitrogens is 1. The fourth-order valence-electron chi connectivity index (χ4n) is 4.14. The van der Waals surface area contributed by atoms with Crippen LogP contribution in [0, 0.1) is 13.8 Å². The van der Waals surface area contributed by atoms with Gasteiger partial charge in [0, 0.05) is 12.2 Å². The molecule has 7 nitrogen and oxygen atoms in total. The zero-order valence-electron chi connectivity index (χ0n) is 14.2. The average Bonchev–Trinajstić information content (AvgIpc) is 3.31. The Balaban J connectivity index is 1.77. The molecule has 7 heteroatoms. The van der Waals surface area contributed by atoms with Gasteiger partial charge in [-0.2, -0.15) is 0 Å². The third-order valence-corrected chi connectivity index (χ3v) is 5.26. The van der Waals surface area contributed by atoms with Crippen molar-refractivity contribution >= 4 is 11.0 Å². The summed E-state index contributed by atoms with van der Waals surface area (Å²) in [6.07, 6.45) is 1.99. The molecule has 1 fully saturated rings. The average molecular weight is 341 g/mol. The van der Waals surface area contributed by atoms with Crippen LogP contribution in [-0.2, 0) is 4.74 Å². The molecule has 0 spiro atoms. The standard InChI is InChI=1S/C18H19N3O4/c1-9-15(10(2)25-20-9)11-5-6-12-16-17(11)24-8-13(14-4-3-7-23-14)21(16)18(22)19-12/h5-6,13-14H,3-4,7-8H2,1-2H3,(H,19,22). The van der Waals surface area contributed by atoms with E-state index in [1.807, 2.05) is 30.5 Å². The number of rotatable bonds is 2. The molecule has 1 saturated heterocycles. The van der Waals surface area contributed by atoms with E-state index >= 15 is 0 Å². The number of hydrogen-bond acceptors (Lipinski definition) is 5. The Morgan fingerprint density at radius 2 is 2.20 bits per heavy atom. The maximum Gasteiger partial charge on any atom is 0.327 e. The number of benzene rings is 1. The summed E-state index contributed by atoms with van der Waals surface area (Å²) in [5.74, 6) is 1.45. The van der Waals surface area contributed by atoms with Crippen molar-refractivity contribution in [1.82, 2.24) is 14.7 Å². The SMILES string of the molecule is Cc1noc(C)c1-c1ccc2[nH]c(=O)n3c2c1OCC3C1CCCO1. The van der Waals surface area contributed by atoms with Gasteiger partial charge < -0.3 is 19.0 Å². The summed E-state index contributed by atoms with van der Waals surface area (Å²) in [4.78, 5) is 15.6. The fourth-order valence-corrected chi connectivity index (χ4v) is 4.14. The molecule has 0 bridgehead atoms. The van der Waals surface area contributed by atoms with E-state index in [1.54, 1.807) is 0 Å². The quantitative estimate of drug-likeness (QED) is 0.775. The molecule has 2 atom stereocenters. The summed E-state index contributed by atoms with van der Waals surface area (Å²) >= 11 is 0. The van der Waals surface area contributed by atoms with Gasteiger partial charge in [-0.3, -0.25) is 4.57 Å². The Kier molecular flexibility index (Phi) is 3.09. The van der Waals surface area contributed by atoms with E-state index in [9.17, 15) is 4.79 Å². The van der Waals surface area contributed by atoms with E-state index in [0.29, 0.717) is 12.4 Å². The van der Waals surface area contributed by atoms with Crippen LogP contribution in [0.2, 0.25) is 0 Å². The molecule has 0 radical (unpaired) electrons. The fraction of sp³-hybridized carbons (Fsp3) is 0.444. The maximum absolute atomic E-state index is 12.6. The summed E-state index contributed by atoms with van der Waals surface area (Å²) in [6.45, 7) is 4.96. The first kappa shape index (κ1) is 14.8. The smallest absolute Gasteiger partial charge is 0.327 e. The highest BCUT2D eigenvalue weighted by Gasteiger charge is 2.35. The molecule has 1 N–H and O–H groups in total. The molecule has 0 amide bonds. The predicted octanol–water partition coefficient (Wildman–Crippen LogP) is 2.71. The van der Waals surface area contributed by atoms with Crippen LogP contribution in [0.25, 0.3) is 22.2 Å². The highest BCUT2D eigenvalue weighted by Crippen LogP contribution is 2.43. The van der Waals surface area contributed by atoms with Crippen LogP contribution in [0.4, 0.5) is 0 Å². The summed E-state index contributed by atoms with van der Waals surface area (Å²) in [7, 11) is 0. The van der Waals surface area contributed by atoms with Crippen LogP contribution in [0.3, 0.4) is 0 Å². The second kappa shape index (κ2) is 5.23. The highest BCUT2D eigenvalue weighted by molar-refractivity contribution is 5.92. The molecule has 1 aromatic carbocycles. The third-order valence-electron chi connectivity index (χ3n) is 5.26. The van der Waals surface area contributed by atoms with Gasteiger partial charge in [-0.15, -0.1) is 0 Å². The van der Waals surface area contributed by atoms with Crippen LogP contribution in [0.1, 0.15) is 30.3 Å². The molecule has 2 aromatic heterocycles. The normalized spacial score (nSPS) is 22.5. The van der Waals surface area contributed by atoms with E-state index < -0.39 is 0 Å².